The van der Waals surface area contributed by atoms with E-state index in [-0.39, 0.29) is 0 Å². The molecular weight excluding hydrogens is 310 g/mol. The van der Waals surface area contributed by atoms with Crippen LogP contribution in [0.5, 0.6) is 0 Å². The number of allylic oxidation sites excluding steroid dienone is 2. The molecule has 20 heavy (non-hydrogen) atoms. The molecule has 2 aliphatic rings. The maximum absolute atomic E-state index is 3.78. The van der Waals surface area contributed by atoms with Crippen LogP contribution in [0.25, 0.3) is 0 Å². The van der Waals surface area contributed by atoms with E-state index < -0.39 is 0 Å². The molecule has 1 aromatic rings. The Labute approximate surface area is 130 Å². The molecular formula is C18H22BrN. The quantitative estimate of drug-likeness (QED) is 0.749. The van der Waals surface area contributed by atoms with Crippen LogP contribution in [0.2, 0.25) is 0 Å². The summed E-state index contributed by atoms with van der Waals surface area (Å²) in [6, 6.07) is 10.8. The van der Waals surface area contributed by atoms with Crippen LogP contribution in [0.1, 0.15) is 37.7 Å². The van der Waals surface area contributed by atoms with Gasteiger partial charge in [-0.05, 0) is 53.3 Å². The Balaban J connectivity index is 1.63. The van der Waals surface area contributed by atoms with Gasteiger partial charge in [0.15, 0.2) is 0 Å². The summed E-state index contributed by atoms with van der Waals surface area (Å²) in [5.41, 5.74) is 4.62. The molecule has 0 saturated heterocycles. The van der Waals surface area contributed by atoms with Crippen molar-refractivity contribution in [2.75, 3.05) is 13.1 Å². The smallest absolute Gasteiger partial charge is 0.0237 e. The van der Waals surface area contributed by atoms with Crippen molar-refractivity contribution in [2.24, 2.45) is 0 Å². The molecule has 1 aliphatic carbocycles. The summed E-state index contributed by atoms with van der Waals surface area (Å²) in [6.45, 7) is 3.35. The van der Waals surface area contributed by atoms with Gasteiger partial charge in [-0.15, -0.1) is 0 Å². The normalized spacial score (nSPS) is 20.9. The van der Waals surface area contributed by atoms with Crippen molar-refractivity contribution in [3.8, 4) is 0 Å². The van der Waals surface area contributed by atoms with Crippen LogP contribution < -0.4 is 0 Å². The van der Waals surface area contributed by atoms with E-state index in [2.05, 4.69) is 57.2 Å². The van der Waals surface area contributed by atoms with Crippen LogP contribution >= 0.6 is 15.9 Å². The highest BCUT2D eigenvalue weighted by molar-refractivity contribution is 9.11. The molecule has 1 nitrogen and oxygen atoms in total. The molecule has 1 aliphatic heterocycles. The van der Waals surface area contributed by atoms with E-state index in [4.69, 9.17) is 0 Å². The zero-order valence-corrected chi connectivity index (χ0v) is 13.5. The molecule has 0 N–H and O–H groups in total. The zero-order valence-electron chi connectivity index (χ0n) is 11.9. The first kappa shape index (κ1) is 14.1. The second-order valence-electron chi connectivity index (χ2n) is 5.79. The lowest BCUT2D eigenvalue weighted by Gasteiger charge is -2.29. The molecule has 0 saturated carbocycles. The van der Waals surface area contributed by atoms with Gasteiger partial charge < -0.3 is 0 Å². The van der Waals surface area contributed by atoms with Crippen LogP contribution in [0.3, 0.4) is 0 Å². The second-order valence-corrected chi connectivity index (χ2v) is 6.75. The maximum Gasteiger partial charge on any atom is 0.0237 e. The molecule has 1 heterocycles. The molecule has 0 radical (unpaired) electrons. The number of rotatable bonds is 3. The second kappa shape index (κ2) is 6.73. The maximum atomic E-state index is 3.78. The lowest BCUT2D eigenvalue weighted by atomic mass is 9.90. The standard InChI is InChI=1S/C18H22BrN/c19-18-9-5-4-8-17(18)16-10-12-20(13-11-16)14-15-6-2-1-3-7-15/h1-3,6-7,10H,4-5,8-9,11-14H2. The SMILES string of the molecule is BrC1=C(C2=CCN(Cc3ccccc3)CC2)CCCC1. The van der Waals surface area contributed by atoms with Gasteiger partial charge in [-0.1, -0.05) is 52.3 Å². The first-order valence-electron chi connectivity index (χ1n) is 7.66. The number of hydrogen-bond acceptors (Lipinski definition) is 1. The van der Waals surface area contributed by atoms with E-state index >= 15 is 0 Å². The first-order valence-corrected chi connectivity index (χ1v) is 8.45. The zero-order chi connectivity index (χ0) is 13.8. The van der Waals surface area contributed by atoms with E-state index in [1.165, 1.54) is 48.7 Å². The number of benzene rings is 1. The van der Waals surface area contributed by atoms with E-state index in [0.717, 1.165) is 13.1 Å². The Hall–Kier alpha value is -0.860. The summed E-state index contributed by atoms with van der Waals surface area (Å²) in [7, 11) is 0. The third kappa shape index (κ3) is 3.42. The van der Waals surface area contributed by atoms with Gasteiger partial charge >= 0.3 is 0 Å². The number of halogens is 1. The van der Waals surface area contributed by atoms with E-state index in [1.54, 1.807) is 11.1 Å². The third-order valence-corrected chi connectivity index (χ3v) is 5.21. The Bertz CT molecular complexity index is 515. The van der Waals surface area contributed by atoms with Crippen LogP contribution in [0.4, 0.5) is 0 Å². The monoisotopic (exact) mass is 331 g/mol. The fourth-order valence-corrected chi connectivity index (χ4v) is 3.91. The van der Waals surface area contributed by atoms with Crippen molar-refractivity contribution < 1.29 is 0 Å². The predicted octanol–water partition coefficient (Wildman–Crippen LogP) is 5.04. The van der Waals surface area contributed by atoms with Gasteiger partial charge in [-0.3, -0.25) is 4.90 Å². The molecule has 0 spiro atoms. The topological polar surface area (TPSA) is 3.24 Å². The Morgan fingerprint density at radius 1 is 1.00 bits per heavy atom. The van der Waals surface area contributed by atoms with Gasteiger partial charge in [0.25, 0.3) is 0 Å². The minimum atomic E-state index is 1.07. The van der Waals surface area contributed by atoms with Crippen molar-refractivity contribution >= 4 is 15.9 Å². The Morgan fingerprint density at radius 3 is 2.50 bits per heavy atom. The fourth-order valence-electron chi connectivity index (χ4n) is 3.17. The van der Waals surface area contributed by atoms with Crippen LogP contribution in [0.15, 0.2) is 52.0 Å². The van der Waals surface area contributed by atoms with Gasteiger partial charge in [-0.25, -0.2) is 0 Å². The minimum absolute atomic E-state index is 1.07. The van der Waals surface area contributed by atoms with Gasteiger partial charge in [0.1, 0.15) is 0 Å². The average Bonchev–Trinajstić information content (AvgIpc) is 2.50. The fraction of sp³-hybridized carbons (Fsp3) is 0.444. The third-order valence-electron chi connectivity index (χ3n) is 4.33. The van der Waals surface area contributed by atoms with Crippen molar-refractivity contribution in [3.63, 3.8) is 0 Å². The van der Waals surface area contributed by atoms with Crippen LogP contribution in [-0.4, -0.2) is 18.0 Å². The molecule has 0 aromatic heterocycles. The van der Waals surface area contributed by atoms with E-state index in [0.29, 0.717) is 0 Å². The van der Waals surface area contributed by atoms with Crippen molar-refractivity contribution in [2.45, 2.75) is 38.6 Å². The first-order chi connectivity index (χ1) is 9.83. The molecule has 1 aromatic carbocycles. The highest BCUT2D eigenvalue weighted by Crippen LogP contribution is 2.35. The average molecular weight is 332 g/mol. The minimum Gasteiger partial charge on any atom is -0.295 e. The summed E-state index contributed by atoms with van der Waals surface area (Å²) >= 11 is 3.78. The van der Waals surface area contributed by atoms with Crippen molar-refractivity contribution in [1.29, 1.82) is 0 Å². The molecule has 3 rings (SSSR count). The van der Waals surface area contributed by atoms with E-state index in [1.807, 2.05) is 0 Å². The summed E-state index contributed by atoms with van der Waals surface area (Å²) in [5, 5.41) is 0. The van der Waals surface area contributed by atoms with Gasteiger partial charge in [-0.2, -0.15) is 0 Å². The highest BCUT2D eigenvalue weighted by atomic mass is 79.9. The summed E-state index contributed by atoms with van der Waals surface area (Å²) in [6.07, 6.45) is 8.87. The van der Waals surface area contributed by atoms with Crippen LogP contribution in [-0.2, 0) is 6.54 Å². The molecule has 0 amide bonds. The Kier molecular flexibility index (Phi) is 4.74. The van der Waals surface area contributed by atoms with Crippen LogP contribution in [0, 0.1) is 0 Å². The lowest BCUT2D eigenvalue weighted by Crippen LogP contribution is -2.28. The molecule has 2 heteroatoms. The highest BCUT2D eigenvalue weighted by Gasteiger charge is 2.18. The van der Waals surface area contributed by atoms with Crippen molar-refractivity contribution in [1.82, 2.24) is 4.90 Å². The molecule has 0 unspecified atom stereocenters. The molecule has 0 fully saturated rings. The largest absolute Gasteiger partial charge is 0.295 e. The number of hydrogen-bond donors (Lipinski definition) is 0. The van der Waals surface area contributed by atoms with Gasteiger partial charge in [0, 0.05) is 19.6 Å². The molecule has 0 atom stereocenters. The number of nitrogens with zero attached hydrogens (tertiary/aromatic N) is 1. The molecule has 106 valence electrons. The Morgan fingerprint density at radius 2 is 1.80 bits per heavy atom. The van der Waals surface area contributed by atoms with Gasteiger partial charge in [0.05, 0.1) is 0 Å². The summed E-state index contributed by atoms with van der Waals surface area (Å²) in [4.78, 5) is 2.54. The predicted molar refractivity (Wildman–Crippen MR) is 88.8 cm³/mol. The van der Waals surface area contributed by atoms with Crippen molar-refractivity contribution in [3.05, 3.63) is 57.6 Å². The summed E-state index contributed by atoms with van der Waals surface area (Å²) in [5.74, 6) is 0. The van der Waals surface area contributed by atoms with Gasteiger partial charge in [0.2, 0.25) is 0 Å². The summed E-state index contributed by atoms with van der Waals surface area (Å²) < 4.78 is 1.46. The lowest BCUT2D eigenvalue weighted by molar-refractivity contribution is 0.286. The molecule has 0 bridgehead atoms. The van der Waals surface area contributed by atoms with E-state index in [9.17, 15) is 0 Å².